The smallest absolute Gasteiger partial charge is 0.126 e. The molecule has 0 unspecified atom stereocenters. The maximum absolute atomic E-state index is 5.50. The first-order valence-corrected chi connectivity index (χ1v) is 7.17. The minimum absolute atomic E-state index is 0.932. The lowest BCUT2D eigenvalue weighted by atomic mass is 9.93. The van der Waals surface area contributed by atoms with Crippen LogP contribution in [0.15, 0.2) is 60.7 Å². The van der Waals surface area contributed by atoms with Gasteiger partial charge < -0.3 is 4.74 Å². The summed E-state index contributed by atoms with van der Waals surface area (Å²) in [6.07, 6.45) is 0. The van der Waals surface area contributed by atoms with Crippen molar-refractivity contribution < 1.29 is 4.74 Å². The summed E-state index contributed by atoms with van der Waals surface area (Å²) in [6, 6.07) is 21.5. The molecular weight excluding hydrogens is 256 g/mol. The van der Waals surface area contributed by atoms with Gasteiger partial charge in [-0.05, 0) is 51.6 Å². The van der Waals surface area contributed by atoms with Crippen molar-refractivity contribution in [3.63, 3.8) is 0 Å². The summed E-state index contributed by atoms with van der Waals surface area (Å²) >= 11 is 0. The zero-order valence-corrected chi connectivity index (χ0v) is 12.2. The Hall–Kier alpha value is -2.54. The fourth-order valence-corrected chi connectivity index (χ4v) is 3.33. The number of hydrogen-bond acceptors (Lipinski definition) is 1. The molecule has 0 amide bonds. The van der Waals surface area contributed by atoms with Gasteiger partial charge in [0, 0.05) is 5.39 Å². The highest BCUT2D eigenvalue weighted by Crippen LogP contribution is 2.36. The lowest BCUT2D eigenvalue weighted by molar-refractivity contribution is 0.420. The Balaban J connectivity index is 2.29. The first kappa shape index (κ1) is 12.2. The van der Waals surface area contributed by atoms with Crippen LogP contribution in [0.2, 0.25) is 0 Å². The molecule has 0 saturated carbocycles. The summed E-state index contributed by atoms with van der Waals surface area (Å²) in [5, 5.41) is 7.67. The SMILES string of the molecule is COc1cccc2c1ccc1c3ccccc3cc(C)c21. The Morgan fingerprint density at radius 1 is 0.714 bits per heavy atom. The number of aryl methyl sites for hydroxylation is 1. The fraction of sp³-hybridized carbons (Fsp3) is 0.100. The number of ether oxygens (including phenoxy) is 1. The van der Waals surface area contributed by atoms with Gasteiger partial charge in [-0.2, -0.15) is 0 Å². The van der Waals surface area contributed by atoms with E-state index in [-0.39, 0.29) is 0 Å². The van der Waals surface area contributed by atoms with E-state index in [1.54, 1.807) is 7.11 Å². The van der Waals surface area contributed by atoms with Crippen LogP contribution < -0.4 is 4.74 Å². The van der Waals surface area contributed by atoms with Crippen molar-refractivity contribution >= 4 is 32.3 Å². The molecule has 0 aliphatic rings. The van der Waals surface area contributed by atoms with Crippen LogP contribution in [0, 0.1) is 6.92 Å². The van der Waals surface area contributed by atoms with Crippen LogP contribution in [0.5, 0.6) is 5.75 Å². The van der Waals surface area contributed by atoms with E-state index >= 15 is 0 Å². The molecule has 1 heteroatoms. The lowest BCUT2D eigenvalue weighted by Gasteiger charge is -2.12. The molecule has 0 heterocycles. The van der Waals surface area contributed by atoms with Crippen molar-refractivity contribution in [3.05, 3.63) is 66.2 Å². The highest BCUT2D eigenvalue weighted by molar-refractivity contribution is 6.19. The van der Waals surface area contributed by atoms with Gasteiger partial charge in [0.1, 0.15) is 5.75 Å². The lowest BCUT2D eigenvalue weighted by Crippen LogP contribution is -1.88. The van der Waals surface area contributed by atoms with E-state index in [4.69, 9.17) is 4.74 Å². The number of hydrogen-bond donors (Lipinski definition) is 0. The predicted molar refractivity (Wildman–Crippen MR) is 90.2 cm³/mol. The second kappa shape index (κ2) is 4.49. The number of methoxy groups -OCH3 is 1. The molecule has 102 valence electrons. The Labute approximate surface area is 123 Å². The minimum Gasteiger partial charge on any atom is -0.496 e. The van der Waals surface area contributed by atoms with Gasteiger partial charge in [0.2, 0.25) is 0 Å². The third kappa shape index (κ3) is 1.71. The Morgan fingerprint density at radius 2 is 1.43 bits per heavy atom. The summed E-state index contributed by atoms with van der Waals surface area (Å²) in [5.74, 6) is 0.932. The van der Waals surface area contributed by atoms with E-state index in [9.17, 15) is 0 Å². The van der Waals surface area contributed by atoms with Crippen molar-refractivity contribution in [2.75, 3.05) is 7.11 Å². The fourth-order valence-electron chi connectivity index (χ4n) is 3.33. The molecule has 0 N–H and O–H groups in total. The van der Waals surface area contributed by atoms with Gasteiger partial charge in [-0.3, -0.25) is 0 Å². The Bertz CT molecular complexity index is 983. The summed E-state index contributed by atoms with van der Waals surface area (Å²) in [5.41, 5.74) is 1.31. The standard InChI is InChI=1S/C20H16O/c1-13-12-14-6-3-4-7-15(14)18-11-10-16-17(20(13)18)8-5-9-19(16)21-2/h3-12H,1-2H3. The highest BCUT2D eigenvalue weighted by atomic mass is 16.5. The average Bonchev–Trinajstić information content (AvgIpc) is 2.53. The molecule has 1 nitrogen and oxygen atoms in total. The van der Waals surface area contributed by atoms with E-state index in [1.165, 1.54) is 37.9 Å². The predicted octanol–water partition coefficient (Wildman–Crippen LogP) is 5.46. The zero-order chi connectivity index (χ0) is 14.4. The van der Waals surface area contributed by atoms with Crippen molar-refractivity contribution in [1.82, 2.24) is 0 Å². The first-order chi connectivity index (χ1) is 10.3. The molecule has 0 spiro atoms. The van der Waals surface area contributed by atoms with Crippen molar-refractivity contribution in [1.29, 1.82) is 0 Å². The van der Waals surface area contributed by atoms with Gasteiger partial charge in [-0.25, -0.2) is 0 Å². The van der Waals surface area contributed by atoms with Gasteiger partial charge in [0.15, 0.2) is 0 Å². The van der Waals surface area contributed by atoms with E-state index < -0.39 is 0 Å². The molecule has 0 atom stereocenters. The second-order valence-electron chi connectivity index (χ2n) is 5.46. The molecule has 0 fully saturated rings. The maximum Gasteiger partial charge on any atom is 0.126 e. The summed E-state index contributed by atoms with van der Waals surface area (Å²) < 4.78 is 5.50. The van der Waals surface area contributed by atoms with Crippen LogP contribution in [0.3, 0.4) is 0 Å². The van der Waals surface area contributed by atoms with Crippen LogP contribution in [0.25, 0.3) is 32.3 Å². The van der Waals surface area contributed by atoms with Crippen LogP contribution in [0.4, 0.5) is 0 Å². The van der Waals surface area contributed by atoms with E-state index in [0.717, 1.165) is 5.75 Å². The molecule has 4 rings (SSSR count). The largest absolute Gasteiger partial charge is 0.496 e. The first-order valence-electron chi connectivity index (χ1n) is 7.17. The van der Waals surface area contributed by atoms with Crippen molar-refractivity contribution in [2.45, 2.75) is 6.92 Å². The molecule has 0 saturated heterocycles. The molecule has 0 aliphatic carbocycles. The molecule has 0 aliphatic heterocycles. The van der Waals surface area contributed by atoms with Crippen LogP contribution in [-0.2, 0) is 0 Å². The van der Waals surface area contributed by atoms with E-state index in [2.05, 4.69) is 61.5 Å². The van der Waals surface area contributed by atoms with Crippen LogP contribution in [-0.4, -0.2) is 7.11 Å². The van der Waals surface area contributed by atoms with E-state index in [0.29, 0.717) is 0 Å². The maximum atomic E-state index is 5.50. The average molecular weight is 272 g/mol. The van der Waals surface area contributed by atoms with Crippen molar-refractivity contribution in [3.8, 4) is 5.75 Å². The molecule has 4 aromatic carbocycles. The summed E-state index contributed by atoms with van der Waals surface area (Å²) in [7, 11) is 1.73. The minimum atomic E-state index is 0.932. The molecule has 0 bridgehead atoms. The zero-order valence-electron chi connectivity index (χ0n) is 12.2. The normalized spacial score (nSPS) is 11.3. The Kier molecular flexibility index (Phi) is 2.61. The topological polar surface area (TPSA) is 9.23 Å². The van der Waals surface area contributed by atoms with Gasteiger partial charge in [-0.15, -0.1) is 0 Å². The molecule has 0 aromatic heterocycles. The monoisotopic (exact) mass is 272 g/mol. The summed E-state index contributed by atoms with van der Waals surface area (Å²) in [6.45, 7) is 2.19. The Morgan fingerprint density at radius 3 is 2.29 bits per heavy atom. The molecule has 4 aromatic rings. The number of fused-ring (bicyclic) bond motifs is 5. The number of benzene rings is 4. The highest BCUT2D eigenvalue weighted by Gasteiger charge is 2.09. The van der Waals surface area contributed by atoms with Crippen LogP contribution >= 0.6 is 0 Å². The van der Waals surface area contributed by atoms with E-state index in [1.807, 2.05) is 6.07 Å². The molecule has 0 radical (unpaired) electrons. The van der Waals surface area contributed by atoms with Crippen LogP contribution in [0.1, 0.15) is 5.56 Å². The molecule has 21 heavy (non-hydrogen) atoms. The number of rotatable bonds is 1. The van der Waals surface area contributed by atoms with Gasteiger partial charge in [0.05, 0.1) is 7.11 Å². The van der Waals surface area contributed by atoms with Gasteiger partial charge >= 0.3 is 0 Å². The second-order valence-corrected chi connectivity index (χ2v) is 5.46. The quantitative estimate of drug-likeness (QED) is 0.418. The van der Waals surface area contributed by atoms with Crippen molar-refractivity contribution in [2.24, 2.45) is 0 Å². The molecular formula is C20H16O. The van der Waals surface area contributed by atoms with Gasteiger partial charge in [0.25, 0.3) is 0 Å². The van der Waals surface area contributed by atoms with Gasteiger partial charge in [-0.1, -0.05) is 48.5 Å². The summed E-state index contributed by atoms with van der Waals surface area (Å²) in [4.78, 5) is 0. The third-order valence-electron chi connectivity index (χ3n) is 4.26. The third-order valence-corrected chi connectivity index (χ3v) is 4.26.